The van der Waals surface area contributed by atoms with Gasteiger partial charge in [0.1, 0.15) is 11.6 Å². The third kappa shape index (κ3) is 5.75. The van der Waals surface area contributed by atoms with E-state index in [-0.39, 0.29) is 28.2 Å². The minimum atomic E-state index is -4.04. The van der Waals surface area contributed by atoms with Crippen molar-refractivity contribution in [2.24, 2.45) is 23.2 Å². The van der Waals surface area contributed by atoms with E-state index in [2.05, 4.69) is 30.8 Å². The summed E-state index contributed by atoms with van der Waals surface area (Å²) in [6.07, 6.45) is 3.51. The molecule has 2 bridgehead atoms. The first-order valence-corrected chi connectivity index (χ1v) is 18.7. The molecule has 2 saturated heterocycles. The van der Waals surface area contributed by atoms with Gasteiger partial charge in [-0.1, -0.05) is 77.1 Å². The van der Waals surface area contributed by atoms with E-state index in [1.165, 1.54) is 6.07 Å². The summed E-state index contributed by atoms with van der Waals surface area (Å²) in [5, 5.41) is 3.22. The molecule has 7 rings (SSSR count). The number of amides is 2. The van der Waals surface area contributed by atoms with Crippen molar-refractivity contribution >= 4 is 29.0 Å². The van der Waals surface area contributed by atoms with E-state index < -0.39 is 46.2 Å². The zero-order chi connectivity index (χ0) is 33.9. The zero-order valence-corrected chi connectivity index (χ0v) is 29.6. The molecule has 0 spiro atoms. The van der Waals surface area contributed by atoms with Crippen LogP contribution in [0.2, 0.25) is 0 Å². The molecule has 5 fully saturated rings. The quantitative estimate of drug-likeness (QED) is 0.338. The van der Waals surface area contributed by atoms with Gasteiger partial charge in [0.15, 0.2) is 0 Å². The average Bonchev–Trinajstić information content (AvgIpc) is 3.39. The molecule has 11 heteroatoms. The second-order valence-corrected chi connectivity index (χ2v) is 17.0. The van der Waals surface area contributed by atoms with E-state index in [1.807, 2.05) is 64.1 Å². The van der Waals surface area contributed by atoms with Crippen molar-refractivity contribution in [2.75, 3.05) is 6.54 Å². The summed E-state index contributed by atoms with van der Waals surface area (Å²) < 4.78 is 43.6. The minimum Gasteiger partial charge on any atom is -0.404 e. The number of aryl methyl sites for hydroxylation is 1. The molecule has 3 aliphatic carbocycles. The second-order valence-electron chi connectivity index (χ2n) is 15.3. The number of hydrogen-bond acceptors (Lipinski definition) is 6. The van der Waals surface area contributed by atoms with E-state index >= 15 is 0 Å². The standard InChI is InChI=1S/C36H50BN3O6S/c1-8-30(37-45-29-22-26-21-28(34(26,5)6)35(29,7)46-37)38-32(41)31(25-15-10-9-11-16-25)40-19-13-18-36(23(2)3,33(40)42)39-47(43,44)27-17-12-14-24(4)20-27/h9-12,14-17,20,23,26,28-31,39H,8,13,18-19,21-22H2,1-7H3,(H,38,41)/t26-,28-,29?,30+,31+,35+,36?/m1/s1. The van der Waals surface area contributed by atoms with Crippen molar-refractivity contribution in [1.82, 2.24) is 14.9 Å². The fourth-order valence-electron chi connectivity index (χ4n) is 8.87. The smallest absolute Gasteiger partial charge is 0.404 e. The third-order valence-electron chi connectivity index (χ3n) is 12.0. The highest BCUT2D eigenvalue weighted by Gasteiger charge is 2.68. The Morgan fingerprint density at radius 2 is 1.81 bits per heavy atom. The van der Waals surface area contributed by atoms with Crippen LogP contribution in [0.5, 0.6) is 0 Å². The van der Waals surface area contributed by atoms with E-state index in [1.54, 1.807) is 17.0 Å². The number of benzene rings is 2. The summed E-state index contributed by atoms with van der Waals surface area (Å²) in [6, 6.07) is 14.9. The Labute approximate surface area is 280 Å². The van der Waals surface area contributed by atoms with Gasteiger partial charge in [0.25, 0.3) is 0 Å². The van der Waals surface area contributed by atoms with E-state index in [0.29, 0.717) is 43.2 Å². The van der Waals surface area contributed by atoms with Crippen LogP contribution in [0.1, 0.15) is 90.8 Å². The van der Waals surface area contributed by atoms with Gasteiger partial charge in [0.2, 0.25) is 21.8 Å². The number of hydrogen-bond donors (Lipinski definition) is 2. The lowest BCUT2D eigenvalue weighted by Gasteiger charge is -2.64. The number of carbonyl (C=O) groups excluding carboxylic acids is 2. The first-order chi connectivity index (χ1) is 22.1. The van der Waals surface area contributed by atoms with Gasteiger partial charge < -0.3 is 19.5 Å². The molecule has 2 heterocycles. The molecule has 47 heavy (non-hydrogen) atoms. The third-order valence-corrected chi connectivity index (χ3v) is 13.5. The minimum absolute atomic E-state index is 0.0168. The Morgan fingerprint density at radius 1 is 1.09 bits per heavy atom. The molecule has 2 unspecified atom stereocenters. The van der Waals surface area contributed by atoms with Crippen molar-refractivity contribution in [1.29, 1.82) is 0 Å². The lowest BCUT2D eigenvalue weighted by molar-refractivity contribution is -0.199. The molecule has 2 amide bonds. The first kappa shape index (κ1) is 34.1. The summed E-state index contributed by atoms with van der Waals surface area (Å²) in [5.41, 5.74) is -0.169. The maximum Gasteiger partial charge on any atom is 0.481 e. The number of nitrogens with zero attached hydrogens (tertiary/aromatic N) is 1. The second kappa shape index (κ2) is 12.3. The number of likely N-dealkylation sites (tertiary alicyclic amines) is 1. The van der Waals surface area contributed by atoms with Gasteiger partial charge in [-0.3, -0.25) is 9.59 Å². The fraction of sp³-hybridized carbons (Fsp3) is 0.611. The van der Waals surface area contributed by atoms with Crippen molar-refractivity contribution < 1.29 is 27.3 Å². The Bertz CT molecular complexity index is 1620. The SMILES string of the molecule is CC[C@H](NC(=O)[C@H](c1ccccc1)N1CCCC(NS(=O)(=O)c2cccc(C)c2)(C(C)C)C1=O)B1OC2C[C@H]3C[C@H](C3(C)C)[C@]2(C)O1. The number of rotatable bonds is 10. The highest BCUT2D eigenvalue weighted by Crippen LogP contribution is 2.65. The van der Waals surface area contributed by atoms with E-state index in [9.17, 15) is 18.0 Å². The largest absolute Gasteiger partial charge is 0.481 e. The molecule has 7 atom stereocenters. The highest BCUT2D eigenvalue weighted by molar-refractivity contribution is 7.89. The molecule has 0 radical (unpaired) electrons. The number of carbonyl (C=O) groups is 2. The molecule has 2 aromatic carbocycles. The van der Waals surface area contributed by atoms with E-state index in [0.717, 1.165) is 18.4 Å². The Balaban J connectivity index is 1.28. The first-order valence-electron chi connectivity index (χ1n) is 17.2. The van der Waals surface area contributed by atoms with Crippen molar-refractivity contribution in [2.45, 2.75) is 115 Å². The molecule has 3 saturated carbocycles. The Morgan fingerprint density at radius 3 is 2.45 bits per heavy atom. The molecular formula is C36H50BN3O6S. The summed E-state index contributed by atoms with van der Waals surface area (Å²) >= 11 is 0. The molecule has 5 aliphatic rings. The topological polar surface area (TPSA) is 114 Å². The summed E-state index contributed by atoms with van der Waals surface area (Å²) in [7, 11) is -4.64. The number of piperidine rings is 1. The molecule has 2 aliphatic heterocycles. The van der Waals surface area contributed by atoms with Crippen LogP contribution in [0, 0.1) is 30.1 Å². The van der Waals surface area contributed by atoms with Crippen LogP contribution >= 0.6 is 0 Å². The van der Waals surface area contributed by atoms with Crippen LogP contribution in [0.3, 0.4) is 0 Å². The molecule has 2 N–H and O–H groups in total. The lowest BCUT2D eigenvalue weighted by Crippen LogP contribution is -2.66. The van der Waals surface area contributed by atoms with E-state index in [4.69, 9.17) is 9.31 Å². The van der Waals surface area contributed by atoms with Gasteiger partial charge >= 0.3 is 7.12 Å². The monoisotopic (exact) mass is 663 g/mol. The average molecular weight is 664 g/mol. The maximum atomic E-state index is 14.7. The summed E-state index contributed by atoms with van der Waals surface area (Å²) in [4.78, 5) is 30.8. The van der Waals surface area contributed by atoms with Crippen LogP contribution < -0.4 is 10.0 Å². The maximum absolute atomic E-state index is 14.7. The van der Waals surface area contributed by atoms with Crippen molar-refractivity contribution in [3.63, 3.8) is 0 Å². The summed E-state index contributed by atoms with van der Waals surface area (Å²) in [6.45, 7) is 14.7. The number of nitrogens with one attached hydrogen (secondary N) is 2. The van der Waals surface area contributed by atoms with Crippen LogP contribution in [-0.2, 0) is 28.9 Å². The van der Waals surface area contributed by atoms with Gasteiger partial charge in [-0.25, -0.2) is 8.42 Å². The van der Waals surface area contributed by atoms with Gasteiger partial charge in [-0.05, 0) is 92.4 Å². The predicted octanol–water partition coefficient (Wildman–Crippen LogP) is 5.19. The molecular weight excluding hydrogens is 613 g/mol. The van der Waals surface area contributed by atoms with Gasteiger partial charge in [-0.2, -0.15) is 4.72 Å². The van der Waals surface area contributed by atoms with Crippen LogP contribution in [-0.4, -0.2) is 62.0 Å². The highest BCUT2D eigenvalue weighted by atomic mass is 32.2. The zero-order valence-electron chi connectivity index (χ0n) is 28.8. The van der Waals surface area contributed by atoms with Crippen LogP contribution in [0.4, 0.5) is 0 Å². The predicted molar refractivity (Wildman–Crippen MR) is 182 cm³/mol. The van der Waals surface area contributed by atoms with Gasteiger partial charge in [0.05, 0.1) is 22.5 Å². The van der Waals surface area contributed by atoms with Crippen LogP contribution in [0.15, 0.2) is 59.5 Å². The fourth-order valence-corrected chi connectivity index (χ4v) is 10.5. The Hall–Kier alpha value is -2.73. The van der Waals surface area contributed by atoms with Crippen molar-refractivity contribution in [3.05, 3.63) is 65.7 Å². The lowest BCUT2D eigenvalue weighted by atomic mass is 9.43. The molecule has 0 aromatic heterocycles. The summed E-state index contributed by atoms with van der Waals surface area (Å²) in [5.74, 6) is -0.533. The molecule has 9 nitrogen and oxygen atoms in total. The van der Waals surface area contributed by atoms with Crippen molar-refractivity contribution in [3.8, 4) is 0 Å². The van der Waals surface area contributed by atoms with Gasteiger partial charge in [0, 0.05) is 6.54 Å². The number of sulfonamides is 1. The van der Waals surface area contributed by atoms with Gasteiger partial charge in [-0.15, -0.1) is 0 Å². The molecule has 2 aromatic rings. The normalized spacial score (nSPS) is 31.2. The Kier molecular flexibility index (Phi) is 8.94. The molecule has 254 valence electrons. The van der Waals surface area contributed by atoms with Crippen LogP contribution in [0.25, 0.3) is 0 Å².